The van der Waals surface area contributed by atoms with Gasteiger partial charge in [-0.2, -0.15) is 0 Å². The van der Waals surface area contributed by atoms with Crippen molar-refractivity contribution in [3.8, 4) is 0 Å². The average molecular weight is 378 g/mol. The second-order valence-corrected chi connectivity index (χ2v) is 7.72. The lowest BCUT2D eigenvalue weighted by molar-refractivity contribution is -0.114. The summed E-state index contributed by atoms with van der Waals surface area (Å²) in [6, 6.07) is 9.42. The number of amides is 1. The number of anilines is 2. The Morgan fingerprint density at radius 2 is 1.80 bits per heavy atom. The lowest BCUT2D eigenvalue weighted by Crippen LogP contribution is -2.13. The van der Waals surface area contributed by atoms with E-state index in [9.17, 15) is 13.2 Å². The standard InChI is InChI=1S/C17H16ClN3O3S/c1-10-3-8-15(17-16(10)14(18)9-19-17)21-25(23,24)13-6-4-12(5-7-13)20-11(2)22/h3-9,19,21H,1-2H3,(H,20,22). The fourth-order valence-electron chi connectivity index (χ4n) is 2.58. The number of rotatable bonds is 4. The predicted molar refractivity (Wildman–Crippen MR) is 99.6 cm³/mol. The van der Waals surface area contributed by atoms with Crippen LogP contribution in [0.3, 0.4) is 0 Å². The lowest BCUT2D eigenvalue weighted by atomic mass is 10.1. The van der Waals surface area contributed by atoms with E-state index in [2.05, 4.69) is 15.0 Å². The van der Waals surface area contributed by atoms with E-state index >= 15 is 0 Å². The summed E-state index contributed by atoms with van der Waals surface area (Å²) >= 11 is 6.15. The molecule has 3 N–H and O–H groups in total. The summed E-state index contributed by atoms with van der Waals surface area (Å²) in [7, 11) is -3.78. The van der Waals surface area contributed by atoms with Gasteiger partial charge in [-0.1, -0.05) is 17.7 Å². The molecule has 0 spiro atoms. The van der Waals surface area contributed by atoms with Crippen molar-refractivity contribution in [2.24, 2.45) is 0 Å². The quantitative estimate of drug-likeness (QED) is 0.644. The molecule has 1 aromatic heterocycles. The highest BCUT2D eigenvalue weighted by Gasteiger charge is 2.17. The van der Waals surface area contributed by atoms with Crippen LogP contribution in [0.15, 0.2) is 47.5 Å². The molecule has 0 saturated heterocycles. The number of carbonyl (C=O) groups excluding carboxylic acids is 1. The van der Waals surface area contributed by atoms with Gasteiger partial charge in [0.05, 0.1) is 21.1 Å². The van der Waals surface area contributed by atoms with Crippen LogP contribution >= 0.6 is 11.6 Å². The number of aromatic amines is 1. The third kappa shape index (κ3) is 3.47. The SMILES string of the molecule is CC(=O)Nc1ccc(S(=O)(=O)Nc2ccc(C)c3c(Cl)c[nH]c23)cc1. The molecule has 1 heterocycles. The van der Waals surface area contributed by atoms with E-state index in [0.717, 1.165) is 10.9 Å². The molecule has 6 nitrogen and oxygen atoms in total. The van der Waals surface area contributed by atoms with Crippen LogP contribution in [0.5, 0.6) is 0 Å². The van der Waals surface area contributed by atoms with Crippen LogP contribution in [-0.4, -0.2) is 19.3 Å². The van der Waals surface area contributed by atoms with E-state index in [4.69, 9.17) is 11.6 Å². The molecule has 0 atom stereocenters. The Morgan fingerprint density at radius 3 is 2.44 bits per heavy atom. The van der Waals surface area contributed by atoms with Crippen LogP contribution in [0.1, 0.15) is 12.5 Å². The van der Waals surface area contributed by atoms with Crippen molar-refractivity contribution in [2.45, 2.75) is 18.7 Å². The van der Waals surface area contributed by atoms with Crippen LogP contribution in [0.2, 0.25) is 5.02 Å². The minimum absolute atomic E-state index is 0.0907. The number of carbonyl (C=O) groups is 1. The molecule has 0 unspecified atom stereocenters. The second-order valence-electron chi connectivity index (χ2n) is 5.63. The van der Waals surface area contributed by atoms with Gasteiger partial charge in [0.25, 0.3) is 10.0 Å². The second kappa shape index (κ2) is 6.42. The van der Waals surface area contributed by atoms with Crippen LogP contribution in [0, 0.1) is 6.92 Å². The van der Waals surface area contributed by atoms with Gasteiger partial charge >= 0.3 is 0 Å². The molecule has 0 radical (unpaired) electrons. The average Bonchev–Trinajstić information content (AvgIpc) is 2.93. The molecule has 2 aromatic carbocycles. The molecule has 0 aliphatic rings. The van der Waals surface area contributed by atoms with E-state index in [1.54, 1.807) is 18.3 Å². The summed E-state index contributed by atoms with van der Waals surface area (Å²) in [4.78, 5) is 14.1. The summed E-state index contributed by atoms with van der Waals surface area (Å²) < 4.78 is 27.8. The summed E-state index contributed by atoms with van der Waals surface area (Å²) in [5.74, 6) is -0.223. The molecule has 0 aliphatic carbocycles. The highest BCUT2D eigenvalue weighted by Crippen LogP contribution is 2.32. The van der Waals surface area contributed by atoms with Crippen molar-refractivity contribution in [3.05, 3.63) is 53.2 Å². The number of nitrogens with one attached hydrogen (secondary N) is 3. The highest BCUT2D eigenvalue weighted by molar-refractivity contribution is 7.92. The minimum atomic E-state index is -3.78. The largest absolute Gasteiger partial charge is 0.358 e. The molecular weight excluding hydrogens is 362 g/mol. The van der Waals surface area contributed by atoms with Gasteiger partial charge in [0.2, 0.25) is 5.91 Å². The Labute approximate surface area is 150 Å². The first-order valence-corrected chi connectivity index (χ1v) is 9.31. The van der Waals surface area contributed by atoms with Gasteiger partial charge in [0.1, 0.15) is 0 Å². The number of benzene rings is 2. The number of aryl methyl sites for hydroxylation is 1. The predicted octanol–water partition coefficient (Wildman–Crippen LogP) is 3.89. The third-order valence-electron chi connectivity index (χ3n) is 3.73. The van der Waals surface area contributed by atoms with E-state index in [1.165, 1.54) is 31.2 Å². The van der Waals surface area contributed by atoms with Crippen LogP contribution in [0.4, 0.5) is 11.4 Å². The zero-order valence-corrected chi connectivity index (χ0v) is 15.1. The van der Waals surface area contributed by atoms with Crippen LogP contribution in [0.25, 0.3) is 10.9 Å². The maximum atomic E-state index is 12.6. The van der Waals surface area contributed by atoms with Gasteiger partial charge in [0, 0.05) is 24.2 Å². The fraction of sp³-hybridized carbons (Fsp3) is 0.118. The van der Waals surface area contributed by atoms with Crippen molar-refractivity contribution in [1.29, 1.82) is 0 Å². The summed E-state index contributed by atoms with van der Waals surface area (Å²) in [5.41, 5.74) is 2.52. The Balaban J connectivity index is 1.94. The molecule has 0 aliphatic heterocycles. The first kappa shape index (κ1) is 17.3. The number of hydrogen-bond donors (Lipinski definition) is 3. The lowest BCUT2D eigenvalue weighted by Gasteiger charge is -2.11. The minimum Gasteiger partial charge on any atom is -0.358 e. The van der Waals surface area contributed by atoms with Crippen molar-refractivity contribution in [3.63, 3.8) is 0 Å². The molecule has 0 bridgehead atoms. The topological polar surface area (TPSA) is 91.1 Å². The fourth-order valence-corrected chi connectivity index (χ4v) is 3.95. The number of hydrogen-bond acceptors (Lipinski definition) is 3. The zero-order valence-electron chi connectivity index (χ0n) is 13.6. The monoisotopic (exact) mass is 377 g/mol. The number of fused-ring (bicyclic) bond motifs is 1. The van der Waals surface area contributed by atoms with Gasteiger partial charge in [-0.3, -0.25) is 9.52 Å². The number of sulfonamides is 1. The summed E-state index contributed by atoms with van der Waals surface area (Å²) in [5, 5.41) is 3.91. The van der Waals surface area contributed by atoms with E-state index in [-0.39, 0.29) is 10.8 Å². The number of halogens is 1. The van der Waals surface area contributed by atoms with Crippen molar-refractivity contribution in [2.75, 3.05) is 10.0 Å². The van der Waals surface area contributed by atoms with Crippen LogP contribution < -0.4 is 10.0 Å². The molecule has 130 valence electrons. The van der Waals surface area contributed by atoms with E-state index in [1.807, 2.05) is 6.92 Å². The molecule has 8 heteroatoms. The van der Waals surface area contributed by atoms with Crippen molar-refractivity contribution in [1.82, 2.24) is 4.98 Å². The Hall–Kier alpha value is -2.51. The highest BCUT2D eigenvalue weighted by atomic mass is 35.5. The smallest absolute Gasteiger partial charge is 0.261 e. The Bertz CT molecular complexity index is 1060. The molecular formula is C17H16ClN3O3S. The van der Waals surface area contributed by atoms with Crippen molar-refractivity contribution < 1.29 is 13.2 Å². The third-order valence-corrected chi connectivity index (χ3v) is 5.40. The van der Waals surface area contributed by atoms with Gasteiger partial charge in [-0.25, -0.2) is 8.42 Å². The maximum Gasteiger partial charge on any atom is 0.261 e. The summed E-state index contributed by atoms with van der Waals surface area (Å²) in [6.45, 7) is 3.29. The first-order valence-electron chi connectivity index (χ1n) is 7.44. The van der Waals surface area contributed by atoms with Gasteiger partial charge in [0.15, 0.2) is 0 Å². The zero-order chi connectivity index (χ0) is 18.2. The molecule has 0 fully saturated rings. The van der Waals surface area contributed by atoms with Gasteiger partial charge in [-0.05, 0) is 42.8 Å². The molecule has 1 amide bonds. The Morgan fingerprint density at radius 1 is 1.12 bits per heavy atom. The van der Waals surface area contributed by atoms with E-state index in [0.29, 0.717) is 21.9 Å². The first-order chi connectivity index (χ1) is 11.8. The molecule has 0 saturated carbocycles. The van der Waals surface area contributed by atoms with Gasteiger partial charge < -0.3 is 10.3 Å². The molecule has 25 heavy (non-hydrogen) atoms. The summed E-state index contributed by atoms with van der Waals surface area (Å²) in [6.07, 6.45) is 1.62. The molecule has 3 aromatic rings. The molecule has 3 rings (SSSR count). The normalized spacial score (nSPS) is 11.5. The van der Waals surface area contributed by atoms with E-state index < -0.39 is 10.0 Å². The number of H-pyrrole nitrogens is 1. The number of aromatic nitrogens is 1. The van der Waals surface area contributed by atoms with Crippen LogP contribution in [-0.2, 0) is 14.8 Å². The van der Waals surface area contributed by atoms with Crippen molar-refractivity contribution >= 4 is 49.8 Å². The Kier molecular flexibility index (Phi) is 4.45. The maximum absolute atomic E-state index is 12.6. The van der Waals surface area contributed by atoms with Gasteiger partial charge in [-0.15, -0.1) is 0 Å².